The first-order chi connectivity index (χ1) is 12.6. The maximum absolute atomic E-state index is 12.9. The molecular formula is C22H27NO3S. The molecule has 2 aromatic rings. The van der Waals surface area contributed by atoms with E-state index in [1.54, 1.807) is 4.90 Å². The van der Waals surface area contributed by atoms with Crippen LogP contribution in [0, 0.1) is 0 Å². The maximum Gasteiger partial charge on any atom is 0.245 e. The standard InChI is InChI=1S/C22H27NO3S/c1-16(21(24)23-14-13-18-7-5-6-8-20(18)23)27(25,26)15-17-9-11-19(12-10-17)22(2,3)4/h5-12,16H,13-15H2,1-4H3. The molecule has 1 aliphatic heterocycles. The summed E-state index contributed by atoms with van der Waals surface area (Å²) in [4.78, 5) is 14.5. The molecule has 1 unspecified atom stereocenters. The van der Waals surface area contributed by atoms with Crippen LogP contribution >= 0.6 is 0 Å². The van der Waals surface area contributed by atoms with Crippen LogP contribution in [-0.2, 0) is 32.2 Å². The number of anilines is 1. The summed E-state index contributed by atoms with van der Waals surface area (Å²) >= 11 is 0. The van der Waals surface area contributed by atoms with Gasteiger partial charge in [-0.1, -0.05) is 63.2 Å². The number of amides is 1. The topological polar surface area (TPSA) is 54.5 Å². The molecule has 2 aromatic carbocycles. The number of rotatable bonds is 4. The summed E-state index contributed by atoms with van der Waals surface area (Å²) in [6, 6.07) is 15.3. The van der Waals surface area contributed by atoms with Crippen molar-refractivity contribution in [1.29, 1.82) is 0 Å². The van der Waals surface area contributed by atoms with E-state index in [0.717, 1.165) is 23.2 Å². The van der Waals surface area contributed by atoms with Crippen molar-refractivity contribution in [1.82, 2.24) is 0 Å². The minimum absolute atomic E-state index is 0.0177. The van der Waals surface area contributed by atoms with Crippen molar-refractivity contribution in [2.45, 2.75) is 50.5 Å². The van der Waals surface area contributed by atoms with Gasteiger partial charge in [-0.2, -0.15) is 0 Å². The molecule has 3 rings (SSSR count). The molecule has 0 spiro atoms. The minimum Gasteiger partial charge on any atom is -0.311 e. The first kappa shape index (κ1) is 19.6. The van der Waals surface area contributed by atoms with Gasteiger partial charge in [-0.15, -0.1) is 0 Å². The molecule has 1 atom stereocenters. The van der Waals surface area contributed by atoms with Crippen molar-refractivity contribution in [3.8, 4) is 0 Å². The number of carbonyl (C=O) groups excluding carboxylic acids is 1. The van der Waals surface area contributed by atoms with Crippen LogP contribution in [0.3, 0.4) is 0 Å². The number of hydrogen-bond donors (Lipinski definition) is 0. The van der Waals surface area contributed by atoms with E-state index in [9.17, 15) is 13.2 Å². The lowest BCUT2D eigenvalue weighted by atomic mass is 9.87. The van der Waals surface area contributed by atoms with Gasteiger partial charge in [-0.25, -0.2) is 8.42 Å². The number of para-hydroxylation sites is 1. The van der Waals surface area contributed by atoms with Crippen LogP contribution in [0.15, 0.2) is 48.5 Å². The lowest BCUT2D eigenvalue weighted by Crippen LogP contribution is -2.41. The van der Waals surface area contributed by atoms with Crippen LogP contribution in [0.2, 0.25) is 0 Å². The lowest BCUT2D eigenvalue weighted by molar-refractivity contribution is -0.117. The molecule has 0 aliphatic carbocycles. The molecule has 144 valence electrons. The SMILES string of the molecule is CC(C(=O)N1CCc2ccccc21)S(=O)(=O)Cc1ccc(C(C)(C)C)cc1. The second kappa shape index (κ2) is 7.12. The van der Waals surface area contributed by atoms with Crippen molar-refractivity contribution in [2.24, 2.45) is 0 Å². The van der Waals surface area contributed by atoms with Gasteiger partial charge >= 0.3 is 0 Å². The predicted octanol–water partition coefficient (Wildman–Crippen LogP) is 3.88. The fraction of sp³-hybridized carbons (Fsp3) is 0.409. The van der Waals surface area contributed by atoms with E-state index in [2.05, 4.69) is 20.8 Å². The normalized spacial score (nSPS) is 15.5. The third-order valence-electron chi connectivity index (χ3n) is 5.23. The maximum atomic E-state index is 12.9. The van der Waals surface area contributed by atoms with Gasteiger partial charge in [0.15, 0.2) is 9.84 Å². The summed E-state index contributed by atoms with van der Waals surface area (Å²) < 4.78 is 25.7. The van der Waals surface area contributed by atoms with Gasteiger partial charge in [0.05, 0.1) is 5.75 Å². The monoisotopic (exact) mass is 385 g/mol. The molecule has 0 bridgehead atoms. The molecule has 5 heteroatoms. The molecule has 1 amide bonds. The van der Waals surface area contributed by atoms with Crippen LogP contribution in [0.4, 0.5) is 5.69 Å². The third-order valence-corrected chi connectivity index (χ3v) is 7.24. The van der Waals surface area contributed by atoms with E-state index in [0.29, 0.717) is 12.1 Å². The van der Waals surface area contributed by atoms with Crippen LogP contribution in [0.25, 0.3) is 0 Å². The second-order valence-corrected chi connectivity index (χ2v) is 10.6. The molecule has 27 heavy (non-hydrogen) atoms. The molecule has 0 aromatic heterocycles. The smallest absolute Gasteiger partial charge is 0.245 e. The molecule has 0 saturated heterocycles. The number of nitrogens with zero attached hydrogens (tertiary/aromatic N) is 1. The highest BCUT2D eigenvalue weighted by atomic mass is 32.2. The zero-order valence-corrected chi connectivity index (χ0v) is 17.2. The Kier molecular flexibility index (Phi) is 5.17. The average Bonchev–Trinajstić information content (AvgIpc) is 3.04. The van der Waals surface area contributed by atoms with Gasteiger partial charge in [-0.3, -0.25) is 4.79 Å². The number of carbonyl (C=O) groups is 1. The van der Waals surface area contributed by atoms with E-state index in [1.165, 1.54) is 6.92 Å². The van der Waals surface area contributed by atoms with Gasteiger partial charge in [0.2, 0.25) is 5.91 Å². The van der Waals surface area contributed by atoms with Crippen molar-refractivity contribution >= 4 is 21.4 Å². The molecular weight excluding hydrogens is 358 g/mol. The van der Waals surface area contributed by atoms with E-state index in [-0.39, 0.29) is 17.1 Å². The Morgan fingerprint density at radius 1 is 1.07 bits per heavy atom. The Bertz CT molecular complexity index is 940. The van der Waals surface area contributed by atoms with Gasteiger partial charge in [0, 0.05) is 12.2 Å². The van der Waals surface area contributed by atoms with Crippen molar-refractivity contribution in [3.05, 3.63) is 65.2 Å². The van der Waals surface area contributed by atoms with E-state index >= 15 is 0 Å². The Balaban J connectivity index is 1.76. The largest absolute Gasteiger partial charge is 0.311 e. The highest BCUT2D eigenvalue weighted by molar-refractivity contribution is 7.92. The zero-order chi connectivity index (χ0) is 19.8. The van der Waals surface area contributed by atoms with E-state index < -0.39 is 15.1 Å². The van der Waals surface area contributed by atoms with E-state index in [1.807, 2.05) is 48.5 Å². The molecule has 0 fully saturated rings. The summed E-state index contributed by atoms with van der Waals surface area (Å²) in [5.74, 6) is -0.467. The van der Waals surface area contributed by atoms with Crippen molar-refractivity contribution < 1.29 is 13.2 Å². The first-order valence-electron chi connectivity index (χ1n) is 9.30. The van der Waals surface area contributed by atoms with Crippen LogP contribution in [0.5, 0.6) is 0 Å². The average molecular weight is 386 g/mol. The lowest BCUT2D eigenvalue weighted by Gasteiger charge is -2.22. The first-order valence-corrected chi connectivity index (χ1v) is 11.0. The van der Waals surface area contributed by atoms with Crippen LogP contribution in [0.1, 0.15) is 44.4 Å². The summed E-state index contributed by atoms with van der Waals surface area (Å²) in [6.07, 6.45) is 0.767. The van der Waals surface area contributed by atoms with Crippen molar-refractivity contribution in [3.63, 3.8) is 0 Å². The molecule has 0 radical (unpaired) electrons. The predicted molar refractivity (Wildman–Crippen MR) is 110 cm³/mol. The molecule has 4 nitrogen and oxygen atoms in total. The zero-order valence-electron chi connectivity index (χ0n) is 16.4. The molecule has 1 heterocycles. The quantitative estimate of drug-likeness (QED) is 0.803. The van der Waals surface area contributed by atoms with Gasteiger partial charge < -0.3 is 4.90 Å². The highest BCUT2D eigenvalue weighted by Crippen LogP contribution is 2.29. The fourth-order valence-corrected chi connectivity index (χ4v) is 4.74. The van der Waals surface area contributed by atoms with Gasteiger partial charge in [-0.05, 0) is 41.5 Å². The fourth-order valence-electron chi connectivity index (χ4n) is 3.40. The summed E-state index contributed by atoms with van der Waals surface area (Å²) in [5, 5.41) is -1.06. The second-order valence-electron chi connectivity index (χ2n) is 8.26. The van der Waals surface area contributed by atoms with E-state index in [4.69, 9.17) is 0 Å². The Labute approximate surface area is 162 Å². The van der Waals surface area contributed by atoms with Gasteiger partial charge in [0.25, 0.3) is 0 Å². The Morgan fingerprint density at radius 2 is 1.70 bits per heavy atom. The van der Waals surface area contributed by atoms with Gasteiger partial charge in [0.1, 0.15) is 5.25 Å². The third kappa shape index (κ3) is 4.08. The van der Waals surface area contributed by atoms with Crippen molar-refractivity contribution in [2.75, 3.05) is 11.4 Å². The molecule has 1 aliphatic rings. The summed E-state index contributed by atoms with van der Waals surface area (Å²) in [6.45, 7) is 8.40. The highest BCUT2D eigenvalue weighted by Gasteiger charge is 2.35. The number of fused-ring (bicyclic) bond motifs is 1. The Morgan fingerprint density at radius 3 is 2.33 bits per heavy atom. The summed E-state index contributed by atoms with van der Waals surface area (Å²) in [7, 11) is -3.59. The number of benzene rings is 2. The molecule has 0 saturated carbocycles. The molecule has 0 N–H and O–H groups in total. The number of sulfone groups is 1. The minimum atomic E-state index is -3.59. The summed E-state index contributed by atoms with van der Waals surface area (Å²) in [5.41, 5.74) is 3.81. The van der Waals surface area contributed by atoms with Crippen LogP contribution in [-0.4, -0.2) is 26.1 Å². The Hall–Kier alpha value is -2.14. The number of hydrogen-bond acceptors (Lipinski definition) is 3. The van der Waals surface area contributed by atoms with Crippen LogP contribution < -0.4 is 4.90 Å².